The number of nitrogens with zero attached hydrogens (tertiary/aromatic N) is 3. The molecule has 1 aliphatic rings. The molecule has 3 heterocycles. The maximum Gasteiger partial charge on any atom is 0.338 e. The van der Waals surface area contributed by atoms with E-state index in [1.165, 1.54) is 11.3 Å². The highest BCUT2D eigenvalue weighted by Gasteiger charge is 2.35. The number of hydrogen-bond acceptors (Lipinski definition) is 7. The standard InChI is InChI=1S/C34H35N3O5S/c1-8-41-33(40)30-21(5)35-34-37(31(30)27-14-9-10-15-28(27)42-19(2)3)32(39)29(43-34)18-25-16-20(4)36(22(25)6)26-13-11-12-24(17-26)23(7)38/h9-19,31H,8H2,1-7H3/b29-18+/t31-/m0/s1. The molecule has 2 aromatic carbocycles. The molecule has 0 spiro atoms. The summed E-state index contributed by atoms with van der Waals surface area (Å²) in [6.45, 7) is 13.1. The van der Waals surface area contributed by atoms with Gasteiger partial charge in [0.15, 0.2) is 10.6 Å². The number of hydrogen-bond donors (Lipinski definition) is 0. The van der Waals surface area contributed by atoms with Crippen LogP contribution in [0.15, 0.2) is 75.7 Å². The molecule has 0 aliphatic carbocycles. The average Bonchev–Trinajstić information content (AvgIpc) is 3.41. The molecule has 222 valence electrons. The number of thiazole rings is 1. The molecule has 1 atom stereocenters. The summed E-state index contributed by atoms with van der Waals surface area (Å²) in [7, 11) is 0. The number of Topliss-reactive ketones (excluding diaryl/α,β-unsaturated/α-hetero) is 1. The molecule has 5 rings (SSSR count). The third kappa shape index (κ3) is 5.64. The number of esters is 1. The van der Waals surface area contributed by atoms with Gasteiger partial charge in [0.05, 0.1) is 28.5 Å². The molecule has 0 saturated carbocycles. The Balaban J connectivity index is 1.70. The van der Waals surface area contributed by atoms with E-state index in [1.54, 1.807) is 31.4 Å². The Morgan fingerprint density at radius 1 is 1.07 bits per heavy atom. The lowest BCUT2D eigenvalue weighted by atomic mass is 9.95. The van der Waals surface area contributed by atoms with Crippen LogP contribution in [-0.4, -0.2) is 33.6 Å². The Kier molecular flexibility index (Phi) is 8.37. The Labute approximate surface area is 254 Å². The number of carbonyl (C=O) groups excluding carboxylic acids is 2. The van der Waals surface area contributed by atoms with Gasteiger partial charge in [0.2, 0.25) is 0 Å². The molecule has 2 aromatic heterocycles. The van der Waals surface area contributed by atoms with Crippen molar-refractivity contribution in [2.45, 2.75) is 60.6 Å². The fraction of sp³-hybridized carbons (Fsp3) is 0.294. The van der Waals surface area contributed by atoms with Crippen molar-refractivity contribution < 1.29 is 19.1 Å². The van der Waals surface area contributed by atoms with Crippen molar-refractivity contribution in [3.63, 3.8) is 0 Å². The summed E-state index contributed by atoms with van der Waals surface area (Å²) < 4.78 is 15.7. The first-order valence-corrected chi connectivity index (χ1v) is 15.1. The Morgan fingerprint density at radius 3 is 2.51 bits per heavy atom. The van der Waals surface area contributed by atoms with Crippen molar-refractivity contribution in [3.8, 4) is 11.4 Å². The van der Waals surface area contributed by atoms with Crippen LogP contribution in [0.5, 0.6) is 5.75 Å². The second kappa shape index (κ2) is 12.0. The summed E-state index contributed by atoms with van der Waals surface area (Å²) in [5, 5.41) is 0. The minimum atomic E-state index is -0.769. The monoisotopic (exact) mass is 597 g/mol. The quantitative estimate of drug-likeness (QED) is 0.206. The van der Waals surface area contributed by atoms with E-state index < -0.39 is 12.0 Å². The van der Waals surface area contributed by atoms with Crippen molar-refractivity contribution in [1.29, 1.82) is 0 Å². The van der Waals surface area contributed by atoms with E-state index in [0.29, 0.717) is 37.5 Å². The molecule has 0 fully saturated rings. The van der Waals surface area contributed by atoms with Crippen LogP contribution >= 0.6 is 11.3 Å². The highest BCUT2D eigenvalue weighted by molar-refractivity contribution is 7.07. The first kappa shape index (κ1) is 30.0. The van der Waals surface area contributed by atoms with Crippen LogP contribution < -0.4 is 19.6 Å². The van der Waals surface area contributed by atoms with Gasteiger partial charge in [0, 0.05) is 28.2 Å². The summed E-state index contributed by atoms with van der Waals surface area (Å²) in [6, 6.07) is 16.2. The molecular weight excluding hydrogens is 562 g/mol. The number of carbonyl (C=O) groups is 2. The van der Waals surface area contributed by atoms with E-state index in [9.17, 15) is 14.4 Å². The van der Waals surface area contributed by atoms with Gasteiger partial charge in [-0.1, -0.05) is 41.7 Å². The zero-order valence-electron chi connectivity index (χ0n) is 25.4. The van der Waals surface area contributed by atoms with Gasteiger partial charge in [-0.2, -0.15) is 0 Å². The second-order valence-electron chi connectivity index (χ2n) is 10.8. The highest BCUT2D eigenvalue weighted by Crippen LogP contribution is 2.36. The van der Waals surface area contributed by atoms with Gasteiger partial charge in [-0.3, -0.25) is 14.2 Å². The molecule has 0 amide bonds. The third-order valence-electron chi connectivity index (χ3n) is 7.36. The number of rotatable bonds is 8. The van der Waals surface area contributed by atoms with Crippen LogP contribution in [0, 0.1) is 13.8 Å². The zero-order chi connectivity index (χ0) is 31.0. The maximum absolute atomic E-state index is 14.2. The fourth-order valence-electron chi connectivity index (χ4n) is 5.49. The van der Waals surface area contributed by atoms with E-state index in [2.05, 4.69) is 4.57 Å². The Hall–Kier alpha value is -4.50. The number of aromatic nitrogens is 2. The van der Waals surface area contributed by atoms with Crippen LogP contribution in [0.4, 0.5) is 0 Å². The summed E-state index contributed by atoms with van der Waals surface area (Å²) in [5.41, 5.74) is 5.51. The van der Waals surface area contributed by atoms with Gasteiger partial charge in [0.1, 0.15) is 11.8 Å². The summed E-state index contributed by atoms with van der Waals surface area (Å²) in [4.78, 5) is 44.7. The van der Waals surface area contributed by atoms with Crippen molar-refractivity contribution >= 4 is 29.2 Å². The zero-order valence-corrected chi connectivity index (χ0v) is 26.2. The summed E-state index contributed by atoms with van der Waals surface area (Å²) in [5.74, 6) is 0.0710. The van der Waals surface area contributed by atoms with Crippen LogP contribution in [-0.2, 0) is 9.53 Å². The lowest BCUT2D eigenvalue weighted by Crippen LogP contribution is -2.40. The molecule has 9 heteroatoms. The predicted molar refractivity (Wildman–Crippen MR) is 168 cm³/mol. The van der Waals surface area contributed by atoms with E-state index in [0.717, 1.165) is 22.6 Å². The van der Waals surface area contributed by atoms with E-state index in [1.807, 2.05) is 82.3 Å². The van der Waals surface area contributed by atoms with Crippen LogP contribution in [0.1, 0.15) is 73.5 Å². The van der Waals surface area contributed by atoms with Gasteiger partial charge in [-0.25, -0.2) is 9.79 Å². The van der Waals surface area contributed by atoms with Gasteiger partial charge in [-0.05, 0) is 84.4 Å². The number of ether oxygens (including phenoxy) is 2. The van der Waals surface area contributed by atoms with Gasteiger partial charge in [0.25, 0.3) is 5.56 Å². The first-order valence-electron chi connectivity index (χ1n) is 14.3. The van der Waals surface area contributed by atoms with Crippen LogP contribution in [0.3, 0.4) is 0 Å². The van der Waals surface area contributed by atoms with Gasteiger partial charge >= 0.3 is 5.97 Å². The normalized spacial score (nSPS) is 15.0. The molecule has 4 aromatic rings. The topological polar surface area (TPSA) is 91.9 Å². The maximum atomic E-state index is 14.2. The molecule has 1 aliphatic heterocycles. The number of ketones is 1. The minimum Gasteiger partial charge on any atom is -0.491 e. The van der Waals surface area contributed by atoms with Crippen molar-refractivity contribution in [2.24, 2.45) is 4.99 Å². The number of allylic oxidation sites excluding steroid dienone is 1. The third-order valence-corrected chi connectivity index (χ3v) is 8.34. The van der Waals surface area contributed by atoms with Crippen molar-refractivity contribution in [1.82, 2.24) is 9.13 Å². The second-order valence-corrected chi connectivity index (χ2v) is 11.8. The van der Waals surface area contributed by atoms with Crippen LogP contribution in [0.2, 0.25) is 0 Å². The Bertz CT molecular complexity index is 1960. The van der Waals surface area contributed by atoms with Crippen molar-refractivity contribution in [3.05, 3.63) is 114 Å². The predicted octanol–water partition coefficient (Wildman–Crippen LogP) is 5.20. The van der Waals surface area contributed by atoms with Crippen molar-refractivity contribution in [2.75, 3.05) is 6.61 Å². The van der Waals surface area contributed by atoms with Gasteiger partial charge < -0.3 is 14.0 Å². The van der Waals surface area contributed by atoms with E-state index in [-0.39, 0.29) is 24.1 Å². The molecule has 0 bridgehead atoms. The number of aryl methyl sites for hydroxylation is 1. The number of benzene rings is 2. The lowest BCUT2D eigenvalue weighted by Gasteiger charge is -2.26. The lowest BCUT2D eigenvalue weighted by molar-refractivity contribution is -0.139. The largest absolute Gasteiger partial charge is 0.491 e. The first-order chi connectivity index (χ1) is 20.5. The van der Waals surface area contributed by atoms with E-state index in [4.69, 9.17) is 14.5 Å². The Morgan fingerprint density at radius 2 is 1.81 bits per heavy atom. The van der Waals surface area contributed by atoms with Crippen LogP contribution in [0.25, 0.3) is 11.8 Å². The fourth-order valence-corrected chi connectivity index (χ4v) is 6.53. The van der Waals surface area contributed by atoms with Gasteiger partial charge in [-0.15, -0.1) is 0 Å². The average molecular weight is 598 g/mol. The molecule has 8 nitrogen and oxygen atoms in total. The van der Waals surface area contributed by atoms with E-state index >= 15 is 0 Å². The SMILES string of the molecule is CCOC(=O)C1=C(C)N=c2s/c(=C/c3cc(C)n(-c4cccc(C(C)=O)c4)c3C)c(=O)n2[C@H]1c1ccccc1OC(C)C. The molecular formula is C34H35N3O5S. The molecule has 0 radical (unpaired) electrons. The summed E-state index contributed by atoms with van der Waals surface area (Å²) in [6.07, 6.45) is 1.76. The molecule has 43 heavy (non-hydrogen) atoms. The molecule has 0 saturated heterocycles. The molecule has 0 unspecified atom stereocenters. The number of fused-ring (bicyclic) bond motifs is 1. The summed E-state index contributed by atoms with van der Waals surface area (Å²) >= 11 is 1.28. The number of para-hydroxylation sites is 1. The highest BCUT2D eigenvalue weighted by atomic mass is 32.1. The smallest absolute Gasteiger partial charge is 0.338 e. The molecule has 0 N–H and O–H groups in total. The minimum absolute atomic E-state index is 0.00181.